The average molecular weight is 248 g/mol. The molecule has 0 aromatic heterocycles. The summed E-state index contributed by atoms with van der Waals surface area (Å²) in [6.07, 6.45) is 0.486. The summed E-state index contributed by atoms with van der Waals surface area (Å²) in [4.78, 5) is 20.3. The molecule has 0 saturated heterocycles. The summed E-state index contributed by atoms with van der Waals surface area (Å²) in [6, 6.07) is 0. The third kappa shape index (κ3) is 31.3. The first-order chi connectivity index (χ1) is 6.83. The van der Waals surface area contributed by atoms with E-state index < -0.39 is 11.5 Å². The highest BCUT2D eigenvalue weighted by atomic mass is 16.4. The van der Waals surface area contributed by atoms with Crippen molar-refractivity contribution >= 4 is 11.8 Å². The fourth-order valence-electron chi connectivity index (χ4n) is 1.03. The van der Waals surface area contributed by atoms with E-state index in [0.29, 0.717) is 6.42 Å². The van der Waals surface area contributed by atoms with Crippen LogP contribution >= 0.6 is 0 Å². The van der Waals surface area contributed by atoms with Crippen LogP contribution in [0.4, 0.5) is 0 Å². The molecule has 0 fully saturated rings. The Bertz CT molecular complexity index is 211. The highest BCUT2D eigenvalue weighted by Crippen LogP contribution is 2.02. The van der Waals surface area contributed by atoms with Crippen LogP contribution < -0.4 is 11.5 Å². The number of carboxylic acids is 1. The molecule has 0 atom stereocenters. The van der Waals surface area contributed by atoms with Gasteiger partial charge < -0.3 is 16.6 Å². The molecule has 5 nitrogen and oxygen atoms in total. The van der Waals surface area contributed by atoms with Crippen LogP contribution in [0.5, 0.6) is 0 Å². The Morgan fingerprint density at radius 2 is 1.29 bits per heavy atom. The van der Waals surface area contributed by atoms with Gasteiger partial charge in [0.2, 0.25) is 0 Å². The van der Waals surface area contributed by atoms with E-state index in [1.165, 1.54) is 0 Å². The molecule has 0 heterocycles. The van der Waals surface area contributed by atoms with E-state index in [0.717, 1.165) is 0 Å². The second-order valence-electron chi connectivity index (χ2n) is 5.43. The fourth-order valence-corrected chi connectivity index (χ4v) is 1.03. The zero-order valence-electron chi connectivity index (χ0n) is 10.8. The molecule has 0 aliphatic carbocycles. The normalized spacial score (nSPS) is 10.8. The lowest BCUT2D eigenvalue weighted by Gasteiger charge is -2.14. The highest BCUT2D eigenvalue weighted by molar-refractivity contribution is 5.76. The summed E-state index contributed by atoms with van der Waals surface area (Å²) in [5.41, 5.74) is 9.97. The Labute approximate surface area is 105 Å². The molecule has 0 spiro atoms. The molecular formula is C12H28N2O3. The first-order valence-electron chi connectivity index (χ1n) is 5.12. The molecular weight excluding hydrogens is 220 g/mol. The lowest BCUT2D eigenvalue weighted by molar-refractivity contribution is -0.138. The quantitative estimate of drug-likeness (QED) is 0.699. The predicted molar refractivity (Wildman–Crippen MR) is 70.8 cm³/mol. The minimum absolute atomic E-state index is 0. The van der Waals surface area contributed by atoms with Crippen LogP contribution in [0.3, 0.4) is 0 Å². The molecule has 104 valence electrons. The van der Waals surface area contributed by atoms with Gasteiger partial charge in [-0.3, -0.25) is 9.59 Å². The zero-order chi connectivity index (χ0) is 13.6. The van der Waals surface area contributed by atoms with Crippen LogP contribution in [0, 0.1) is 0 Å². The third-order valence-corrected chi connectivity index (χ3v) is 1.31. The van der Waals surface area contributed by atoms with Gasteiger partial charge in [-0.25, -0.2) is 0 Å². The second kappa shape index (κ2) is 8.20. The van der Waals surface area contributed by atoms with Crippen LogP contribution in [-0.4, -0.2) is 27.9 Å². The van der Waals surface area contributed by atoms with Gasteiger partial charge >= 0.3 is 5.97 Å². The summed E-state index contributed by atoms with van der Waals surface area (Å²) in [6.45, 7) is 8.60. The summed E-state index contributed by atoms with van der Waals surface area (Å²) in [5, 5.41) is 8.17. The van der Waals surface area contributed by atoms with E-state index in [2.05, 4.69) is 0 Å². The number of carbonyl (C=O) groups excluding carboxylic acids is 1. The maximum atomic E-state index is 10.4. The van der Waals surface area contributed by atoms with Gasteiger partial charge in [-0.15, -0.1) is 0 Å². The summed E-state index contributed by atoms with van der Waals surface area (Å²) in [7, 11) is 0. The minimum atomic E-state index is -0.850. The van der Waals surface area contributed by atoms with Gasteiger partial charge in [0.25, 0.3) is 0 Å². The second-order valence-corrected chi connectivity index (χ2v) is 5.43. The molecule has 0 rings (SSSR count). The van der Waals surface area contributed by atoms with Crippen molar-refractivity contribution < 1.29 is 14.7 Å². The first-order valence-corrected chi connectivity index (χ1v) is 5.12. The van der Waals surface area contributed by atoms with Crippen molar-refractivity contribution in [1.29, 1.82) is 0 Å². The molecule has 0 amide bonds. The summed E-state index contributed by atoms with van der Waals surface area (Å²) in [5.74, 6) is -0.699. The van der Waals surface area contributed by atoms with Crippen LogP contribution in [0.1, 0.15) is 54.9 Å². The number of Topliss-reactive ketones (excluding diaryl/α,β-unsaturated/α-hetero) is 1. The van der Waals surface area contributed by atoms with E-state index in [9.17, 15) is 9.59 Å². The molecule has 0 unspecified atom stereocenters. The molecule has 17 heavy (non-hydrogen) atoms. The van der Waals surface area contributed by atoms with E-state index in [1.807, 2.05) is 13.8 Å². The summed E-state index contributed by atoms with van der Waals surface area (Å²) >= 11 is 0. The minimum Gasteiger partial charge on any atom is -0.481 e. The van der Waals surface area contributed by atoms with Crippen molar-refractivity contribution in [3.05, 3.63) is 0 Å². The number of ketones is 1. The van der Waals surface area contributed by atoms with Crippen molar-refractivity contribution in [2.45, 2.75) is 66.0 Å². The largest absolute Gasteiger partial charge is 0.481 e. The molecule has 0 aliphatic heterocycles. The monoisotopic (exact) mass is 248 g/mol. The molecule has 0 saturated carbocycles. The fraction of sp³-hybridized carbons (Fsp3) is 0.833. The van der Waals surface area contributed by atoms with Crippen molar-refractivity contribution in [1.82, 2.24) is 0 Å². The number of hydrogen-bond donors (Lipinski definition) is 3. The number of nitrogens with two attached hydrogens (primary N) is 2. The molecule has 5 N–H and O–H groups in total. The van der Waals surface area contributed by atoms with Crippen LogP contribution in [0.2, 0.25) is 0 Å². The van der Waals surface area contributed by atoms with Crippen molar-refractivity contribution in [2.75, 3.05) is 0 Å². The lowest BCUT2D eigenvalue weighted by Crippen LogP contribution is -2.34. The van der Waals surface area contributed by atoms with Crippen molar-refractivity contribution in [3.63, 3.8) is 0 Å². The highest BCUT2D eigenvalue weighted by Gasteiger charge is 2.14. The van der Waals surface area contributed by atoms with Gasteiger partial charge in [-0.05, 0) is 34.6 Å². The molecule has 0 aliphatic rings. The topological polar surface area (TPSA) is 106 Å². The standard InChI is InChI=1S/C6H13NO.C5H11NO2.CH4/c1-5(8)4-6(2,3)7;1-5(2,6)3-4(7)8;/h4,7H2,1-3H3;3,6H2,1-2H3,(H,7,8);1H4. The van der Waals surface area contributed by atoms with Gasteiger partial charge in [0.15, 0.2) is 0 Å². The third-order valence-electron chi connectivity index (χ3n) is 1.31. The smallest absolute Gasteiger partial charge is 0.305 e. The number of rotatable bonds is 4. The molecule has 0 radical (unpaired) electrons. The van der Waals surface area contributed by atoms with Gasteiger partial charge in [0.05, 0.1) is 6.42 Å². The van der Waals surface area contributed by atoms with Crippen LogP contribution in [0.25, 0.3) is 0 Å². The SMILES string of the molecule is C.CC(=O)CC(C)(C)N.CC(C)(N)CC(=O)O. The van der Waals surface area contributed by atoms with Gasteiger partial charge in [0.1, 0.15) is 5.78 Å². The Morgan fingerprint density at radius 1 is 1.00 bits per heavy atom. The van der Waals surface area contributed by atoms with Crippen molar-refractivity contribution in [2.24, 2.45) is 11.5 Å². The number of carbonyl (C=O) groups is 2. The zero-order valence-corrected chi connectivity index (χ0v) is 10.8. The Morgan fingerprint density at radius 3 is 1.29 bits per heavy atom. The molecule has 0 aromatic carbocycles. The number of carboxylic acid groups (broad SMARTS) is 1. The molecule has 0 aromatic rings. The Hall–Kier alpha value is -0.940. The maximum Gasteiger partial charge on any atom is 0.305 e. The Kier molecular flexibility index (Phi) is 10.3. The predicted octanol–water partition coefficient (Wildman–Crippen LogP) is 1.54. The van der Waals surface area contributed by atoms with Gasteiger partial charge in [-0.2, -0.15) is 0 Å². The first kappa shape index (κ1) is 21.4. The molecule has 0 bridgehead atoms. The maximum absolute atomic E-state index is 10.4. The van der Waals surface area contributed by atoms with E-state index >= 15 is 0 Å². The van der Waals surface area contributed by atoms with E-state index in [4.69, 9.17) is 16.6 Å². The van der Waals surface area contributed by atoms with Gasteiger partial charge in [-0.1, -0.05) is 7.43 Å². The average Bonchev–Trinajstić information content (AvgIpc) is 1.72. The van der Waals surface area contributed by atoms with E-state index in [1.54, 1.807) is 20.8 Å². The lowest BCUT2D eigenvalue weighted by atomic mass is 10.0. The van der Waals surface area contributed by atoms with Crippen LogP contribution in [-0.2, 0) is 9.59 Å². The Balaban J connectivity index is -0.000000218. The number of aliphatic carboxylic acids is 1. The van der Waals surface area contributed by atoms with Crippen molar-refractivity contribution in [3.8, 4) is 0 Å². The van der Waals surface area contributed by atoms with E-state index in [-0.39, 0.29) is 25.2 Å². The summed E-state index contributed by atoms with van der Waals surface area (Å²) < 4.78 is 0. The number of hydrogen-bond acceptors (Lipinski definition) is 4. The van der Waals surface area contributed by atoms with Crippen LogP contribution in [0.15, 0.2) is 0 Å². The van der Waals surface area contributed by atoms with Gasteiger partial charge in [0, 0.05) is 17.5 Å². The molecule has 5 heteroatoms.